The van der Waals surface area contributed by atoms with Crippen molar-refractivity contribution in [2.45, 2.75) is 11.5 Å². The van der Waals surface area contributed by atoms with Gasteiger partial charge in [0, 0.05) is 12.8 Å². The Hall–Kier alpha value is -2.12. The maximum Gasteiger partial charge on any atom is 0.266 e. The van der Waals surface area contributed by atoms with Gasteiger partial charge in [-0.2, -0.15) is 0 Å². The molecular formula is C14H15FN2O3S. The van der Waals surface area contributed by atoms with Crippen LogP contribution in [0.2, 0.25) is 0 Å². The molecule has 0 heterocycles. The Bertz CT molecular complexity index is 727. The summed E-state index contributed by atoms with van der Waals surface area (Å²) in [5, 5.41) is 0. The van der Waals surface area contributed by atoms with Crippen LogP contribution in [0.15, 0.2) is 47.4 Å². The molecule has 0 spiro atoms. The van der Waals surface area contributed by atoms with E-state index in [1.165, 1.54) is 19.2 Å². The van der Waals surface area contributed by atoms with Gasteiger partial charge in [-0.15, -0.1) is 0 Å². The van der Waals surface area contributed by atoms with Gasteiger partial charge in [0.2, 0.25) is 0 Å². The highest BCUT2D eigenvalue weighted by Crippen LogP contribution is 2.24. The number of nitrogen functional groups attached to an aromatic ring is 1. The zero-order valence-electron chi connectivity index (χ0n) is 11.3. The first-order valence-electron chi connectivity index (χ1n) is 6.09. The van der Waals surface area contributed by atoms with Crippen molar-refractivity contribution in [1.82, 2.24) is 0 Å². The number of benzene rings is 2. The molecule has 3 N–H and O–H groups in total. The van der Waals surface area contributed by atoms with Crippen LogP contribution in [0.25, 0.3) is 0 Å². The number of methoxy groups -OCH3 is 1. The van der Waals surface area contributed by atoms with E-state index in [9.17, 15) is 12.8 Å². The Morgan fingerprint density at radius 2 is 1.95 bits per heavy atom. The highest BCUT2D eigenvalue weighted by Gasteiger charge is 2.22. The van der Waals surface area contributed by atoms with Crippen LogP contribution in [0.4, 0.5) is 15.8 Å². The fraction of sp³-hybridized carbons (Fsp3) is 0.143. The highest BCUT2D eigenvalue weighted by molar-refractivity contribution is 7.92. The molecule has 0 saturated heterocycles. The number of nitrogens with two attached hydrogens (primary N) is 1. The van der Waals surface area contributed by atoms with Crippen molar-refractivity contribution < 1.29 is 17.5 Å². The van der Waals surface area contributed by atoms with Crippen molar-refractivity contribution in [2.75, 3.05) is 17.6 Å². The molecule has 0 fully saturated rings. The Kier molecular flexibility index (Phi) is 4.44. The van der Waals surface area contributed by atoms with Gasteiger partial charge < -0.3 is 10.5 Å². The Balaban J connectivity index is 2.36. The van der Waals surface area contributed by atoms with Gasteiger partial charge in [0.1, 0.15) is 10.7 Å². The Morgan fingerprint density at radius 3 is 2.62 bits per heavy atom. The normalized spacial score (nSPS) is 11.3. The number of hydrogen-bond donors (Lipinski definition) is 2. The van der Waals surface area contributed by atoms with E-state index in [-0.39, 0.29) is 5.69 Å². The molecule has 0 aliphatic rings. The Labute approximate surface area is 122 Å². The molecule has 5 nitrogen and oxygen atoms in total. The number of hydrogen-bond acceptors (Lipinski definition) is 4. The van der Waals surface area contributed by atoms with E-state index in [2.05, 4.69) is 4.72 Å². The summed E-state index contributed by atoms with van der Waals surface area (Å²) in [6, 6.07) is 10.4. The van der Waals surface area contributed by atoms with Crippen molar-refractivity contribution in [2.24, 2.45) is 0 Å². The molecule has 21 heavy (non-hydrogen) atoms. The van der Waals surface area contributed by atoms with Gasteiger partial charge in [-0.05, 0) is 29.8 Å². The standard InChI is InChI=1S/C14H15FN2O3S/c1-20-9-10-4-2-5-11(8-10)17-21(18,19)14-12(15)6-3-7-13(14)16/h2-8,17H,9,16H2,1H3. The maximum absolute atomic E-state index is 13.7. The highest BCUT2D eigenvalue weighted by atomic mass is 32.2. The minimum absolute atomic E-state index is 0.143. The lowest BCUT2D eigenvalue weighted by Crippen LogP contribution is -2.16. The van der Waals surface area contributed by atoms with Crippen molar-refractivity contribution in [3.8, 4) is 0 Å². The smallest absolute Gasteiger partial charge is 0.266 e. The first-order valence-corrected chi connectivity index (χ1v) is 7.57. The van der Waals surface area contributed by atoms with E-state index in [0.29, 0.717) is 12.3 Å². The summed E-state index contributed by atoms with van der Waals surface area (Å²) in [4.78, 5) is -0.554. The van der Waals surface area contributed by atoms with Crippen LogP contribution in [0, 0.1) is 5.82 Å². The third-order valence-electron chi connectivity index (χ3n) is 2.76. The summed E-state index contributed by atoms with van der Waals surface area (Å²) in [6.07, 6.45) is 0. The number of sulfonamides is 1. The molecule has 0 unspecified atom stereocenters. The average Bonchev–Trinajstić information content (AvgIpc) is 2.38. The van der Waals surface area contributed by atoms with Gasteiger partial charge in [-0.25, -0.2) is 12.8 Å². The molecule has 0 aliphatic carbocycles. The van der Waals surface area contributed by atoms with E-state index < -0.39 is 20.7 Å². The first-order chi connectivity index (χ1) is 9.94. The molecule has 0 saturated carbocycles. The molecule has 7 heteroatoms. The number of anilines is 2. The predicted molar refractivity (Wildman–Crippen MR) is 78.8 cm³/mol. The van der Waals surface area contributed by atoms with Gasteiger partial charge in [0.15, 0.2) is 0 Å². The molecule has 0 aromatic heterocycles. The molecule has 2 aromatic carbocycles. The summed E-state index contributed by atoms with van der Waals surface area (Å²) in [7, 11) is -2.56. The van der Waals surface area contributed by atoms with Crippen LogP contribution in [0.3, 0.4) is 0 Å². The zero-order chi connectivity index (χ0) is 15.5. The minimum atomic E-state index is -4.10. The van der Waals surface area contributed by atoms with Crippen LogP contribution in [-0.2, 0) is 21.4 Å². The molecular weight excluding hydrogens is 295 g/mol. The maximum atomic E-state index is 13.7. The lowest BCUT2D eigenvalue weighted by atomic mass is 10.2. The SMILES string of the molecule is COCc1cccc(NS(=O)(=O)c2c(N)cccc2F)c1. The molecule has 2 rings (SSSR count). The molecule has 112 valence electrons. The Morgan fingerprint density at radius 1 is 1.24 bits per heavy atom. The van der Waals surface area contributed by atoms with Gasteiger partial charge in [-0.1, -0.05) is 18.2 Å². The first kappa shape index (κ1) is 15.3. The topological polar surface area (TPSA) is 81.4 Å². The largest absolute Gasteiger partial charge is 0.398 e. The third-order valence-corrected chi connectivity index (χ3v) is 4.23. The summed E-state index contributed by atoms with van der Waals surface area (Å²) in [6.45, 7) is 0.345. The fourth-order valence-electron chi connectivity index (χ4n) is 1.91. The van der Waals surface area contributed by atoms with E-state index in [1.54, 1.807) is 24.3 Å². The van der Waals surface area contributed by atoms with E-state index in [1.807, 2.05) is 0 Å². The van der Waals surface area contributed by atoms with Crippen molar-refractivity contribution in [3.63, 3.8) is 0 Å². The van der Waals surface area contributed by atoms with Crippen LogP contribution in [0.1, 0.15) is 5.56 Å². The van der Waals surface area contributed by atoms with Gasteiger partial charge >= 0.3 is 0 Å². The number of nitrogens with one attached hydrogen (secondary N) is 1. The van der Waals surface area contributed by atoms with Gasteiger partial charge in [-0.3, -0.25) is 4.72 Å². The van der Waals surface area contributed by atoms with Crippen LogP contribution < -0.4 is 10.5 Å². The quantitative estimate of drug-likeness (QED) is 0.831. The van der Waals surface area contributed by atoms with E-state index >= 15 is 0 Å². The number of ether oxygens (including phenoxy) is 1. The van der Waals surface area contributed by atoms with Crippen LogP contribution in [0.5, 0.6) is 0 Å². The molecule has 0 amide bonds. The number of halogens is 1. The summed E-state index contributed by atoms with van der Waals surface area (Å²) >= 11 is 0. The second-order valence-electron chi connectivity index (χ2n) is 4.40. The third kappa shape index (κ3) is 3.50. The van der Waals surface area contributed by atoms with Gasteiger partial charge in [0.25, 0.3) is 10.0 Å². The minimum Gasteiger partial charge on any atom is -0.398 e. The zero-order valence-corrected chi connectivity index (χ0v) is 12.2. The van der Waals surface area contributed by atoms with Crippen molar-refractivity contribution in [1.29, 1.82) is 0 Å². The summed E-state index contributed by atoms with van der Waals surface area (Å²) < 4.78 is 45.5. The second-order valence-corrected chi connectivity index (χ2v) is 6.02. The lowest BCUT2D eigenvalue weighted by Gasteiger charge is -2.11. The molecule has 2 aromatic rings. The molecule has 0 atom stereocenters. The van der Waals surface area contributed by atoms with Gasteiger partial charge in [0.05, 0.1) is 12.3 Å². The fourth-order valence-corrected chi connectivity index (χ4v) is 3.15. The number of rotatable bonds is 5. The summed E-state index contributed by atoms with van der Waals surface area (Å²) in [5.41, 5.74) is 6.52. The summed E-state index contributed by atoms with van der Waals surface area (Å²) in [5.74, 6) is -0.893. The van der Waals surface area contributed by atoms with Crippen LogP contribution in [-0.4, -0.2) is 15.5 Å². The van der Waals surface area contributed by atoms with Crippen molar-refractivity contribution in [3.05, 3.63) is 53.8 Å². The average molecular weight is 310 g/mol. The lowest BCUT2D eigenvalue weighted by molar-refractivity contribution is 0.185. The predicted octanol–water partition coefficient (Wildman–Crippen LogP) is 2.36. The monoisotopic (exact) mass is 310 g/mol. The van der Waals surface area contributed by atoms with Crippen molar-refractivity contribution >= 4 is 21.4 Å². The second kappa shape index (κ2) is 6.11. The molecule has 0 bridgehead atoms. The molecule has 0 radical (unpaired) electrons. The van der Waals surface area contributed by atoms with E-state index in [0.717, 1.165) is 11.6 Å². The van der Waals surface area contributed by atoms with Crippen LogP contribution >= 0.6 is 0 Å². The molecule has 0 aliphatic heterocycles. The van der Waals surface area contributed by atoms with E-state index in [4.69, 9.17) is 10.5 Å².